The first-order chi connectivity index (χ1) is 7.25. The maximum atomic E-state index is 6.11. The van der Waals surface area contributed by atoms with Gasteiger partial charge in [0.15, 0.2) is 0 Å². The highest BCUT2D eigenvalue weighted by Crippen LogP contribution is 2.26. The van der Waals surface area contributed by atoms with E-state index in [9.17, 15) is 0 Å². The summed E-state index contributed by atoms with van der Waals surface area (Å²) < 4.78 is 6.10. The minimum absolute atomic E-state index is 0.0700. The lowest BCUT2D eigenvalue weighted by molar-refractivity contribution is 0.0354. The molecule has 1 aliphatic heterocycles. The Hall–Kier alpha value is -0.130. The molecule has 1 aromatic rings. The lowest BCUT2D eigenvalue weighted by atomic mass is 10.2. The molecule has 5 heteroatoms. The van der Waals surface area contributed by atoms with E-state index in [2.05, 4.69) is 4.90 Å². The largest absolute Gasteiger partial charge is 0.379 e. The molecule has 3 nitrogen and oxygen atoms in total. The van der Waals surface area contributed by atoms with Crippen LogP contribution in [0.2, 0.25) is 4.34 Å². The molecule has 0 aliphatic carbocycles. The fraction of sp³-hybridized carbons (Fsp3) is 0.600. The van der Waals surface area contributed by atoms with Gasteiger partial charge in [-0.25, -0.2) is 0 Å². The van der Waals surface area contributed by atoms with E-state index in [0.717, 1.165) is 42.1 Å². The van der Waals surface area contributed by atoms with Gasteiger partial charge in [-0.15, -0.1) is 11.3 Å². The fourth-order valence-electron chi connectivity index (χ4n) is 1.68. The van der Waals surface area contributed by atoms with Gasteiger partial charge in [0.05, 0.1) is 23.6 Å². The molecule has 1 unspecified atom stereocenters. The second-order valence-electron chi connectivity index (χ2n) is 3.66. The summed E-state index contributed by atoms with van der Waals surface area (Å²) in [5.74, 6) is 0. The van der Waals surface area contributed by atoms with E-state index in [0.29, 0.717) is 0 Å². The van der Waals surface area contributed by atoms with Gasteiger partial charge in [-0.3, -0.25) is 4.90 Å². The van der Waals surface area contributed by atoms with Crippen LogP contribution in [0.1, 0.15) is 10.9 Å². The number of thiophene rings is 1. The monoisotopic (exact) mass is 246 g/mol. The number of morpholine rings is 1. The summed E-state index contributed by atoms with van der Waals surface area (Å²) >= 11 is 7.44. The minimum atomic E-state index is 0.0700. The molecular formula is C10H15ClN2OS. The van der Waals surface area contributed by atoms with Gasteiger partial charge in [-0.2, -0.15) is 0 Å². The van der Waals surface area contributed by atoms with Crippen LogP contribution in [0.4, 0.5) is 0 Å². The summed E-state index contributed by atoms with van der Waals surface area (Å²) in [5.41, 5.74) is 6.11. The highest BCUT2D eigenvalue weighted by Gasteiger charge is 2.16. The van der Waals surface area contributed by atoms with Gasteiger partial charge < -0.3 is 10.5 Å². The Morgan fingerprint density at radius 3 is 2.80 bits per heavy atom. The molecule has 0 aromatic carbocycles. The molecule has 1 aromatic heterocycles. The third-order valence-electron chi connectivity index (χ3n) is 2.52. The SMILES string of the molecule is NC(CN1CCOCC1)c1ccc(Cl)s1. The molecule has 0 saturated carbocycles. The van der Waals surface area contributed by atoms with Gasteiger partial charge in [0, 0.05) is 24.5 Å². The highest BCUT2D eigenvalue weighted by molar-refractivity contribution is 7.16. The number of hydrogen-bond donors (Lipinski definition) is 1. The Morgan fingerprint density at radius 1 is 1.47 bits per heavy atom. The van der Waals surface area contributed by atoms with Crippen molar-refractivity contribution in [2.24, 2.45) is 5.73 Å². The summed E-state index contributed by atoms with van der Waals surface area (Å²) in [6, 6.07) is 3.99. The van der Waals surface area contributed by atoms with Crippen LogP contribution in [-0.4, -0.2) is 37.7 Å². The van der Waals surface area contributed by atoms with E-state index >= 15 is 0 Å². The average Bonchev–Trinajstić information content (AvgIpc) is 2.66. The Kier molecular flexibility index (Phi) is 3.99. The Labute approximate surface area is 98.8 Å². The van der Waals surface area contributed by atoms with Gasteiger partial charge >= 0.3 is 0 Å². The third kappa shape index (κ3) is 3.16. The Bertz CT molecular complexity index is 312. The first-order valence-corrected chi connectivity index (χ1v) is 6.26. The van der Waals surface area contributed by atoms with E-state index in [1.807, 2.05) is 12.1 Å². The number of hydrogen-bond acceptors (Lipinski definition) is 4. The predicted molar refractivity (Wildman–Crippen MR) is 63.5 cm³/mol. The van der Waals surface area contributed by atoms with Crippen LogP contribution in [0.3, 0.4) is 0 Å². The van der Waals surface area contributed by atoms with Gasteiger partial charge in [-0.1, -0.05) is 11.6 Å². The molecule has 2 rings (SSSR count). The molecule has 2 heterocycles. The zero-order valence-electron chi connectivity index (χ0n) is 8.49. The summed E-state index contributed by atoms with van der Waals surface area (Å²) in [6.45, 7) is 4.48. The van der Waals surface area contributed by atoms with Crippen LogP contribution in [0.15, 0.2) is 12.1 Å². The van der Waals surface area contributed by atoms with Crippen molar-refractivity contribution in [2.75, 3.05) is 32.8 Å². The minimum Gasteiger partial charge on any atom is -0.379 e. The van der Waals surface area contributed by atoms with Gasteiger partial charge in [-0.05, 0) is 12.1 Å². The van der Waals surface area contributed by atoms with E-state index < -0.39 is 0 Å². The third-order valence-corrected chi connectivity index (χ3v) is 3.88. The average molecular weight is 247 g/mol. The number of ether oxygens (including phenoxy) is 1. The van der Waals surface area contributed by atoms with Crippen LogP contribution < -0.4 is 5.73 Å². The van der Waals surface area contributed by atoms with E-state index in [1.54, 1.807) is 11.3 Å². The summed E-state index contributed by atoms with van der Waals surface area (Å²) in [6.07, 6.45) is 0. The second kappa shape index (κ2) is 5.27. The van der Waals surface area contributed by atoms with Crippen LogP contribution in [0, 0.1) is 0 Å². The highest BCUT2D eigenvalue weighted by atomic mass is 35.5. The van der Waals surface area contributed by atoms with E-state index in [1.165, 1.54) is 0 Å². The van der Waals surface area contributed by atoms with Gasteiger partial charge in [0.2, 0.25) is 0 Å². The standard InChI is InChI=1S/C10H15ClN2OS/c11-10-2-1-9(15-10)8(12)7-13-3-5-14-6-4-13/h1-2,8H,3-7,12H2. The first kappa shape index (κ1) is 11.4. The number of nitrogens with two attached hydrogens (primary N) is 1. The molecule has 1 aliphatic rings. The van der Waals surface area contributed by atoms with Crippen molar-refractivity contribution < 1.29 is 4.74 Å². The van der Waals surface area contributed by atoms with E-state index in [4.69, 9.17) is 22.1 Å². The lowest BCUT2D eigenvalue weighted by Crippen LogP contribution is -2.40. The number of nitrogens with zero attached hydrogens (tertiary/aromatic N) is 1. The molecule has 0 amide bonds. The van der Waals surface area contributed by atoms with Crippen molar-refractivity contribution in [3.8, 4) is 0 Å². The van der Waals surface area contributed by atoms with Crippen molar-refractivity contribution in [3.63, 3.8) is 0 Å². The molecule has 0 bridgehead atoms. The smallest absolute Gasteiger partial charge is 0.0931 e. The number of rotatable bonds is 3. The quantitative estimate of drug-likeness (QED) is 0.883. The molecule has 1 fully saturated rings. The van der Waals surface area contributed by atoms with Gasteiger partial charge in [0.25, 0.3) is 0 Å². The lowest BCUT2D eigenvalue weighted by Gasteiger charge is -2.28. The topological polar surface area (TPSA) is 38.5 Å². The molecule has 15 heavy (non-hydrogen) atoms. The summed E-state index contributed by atoms with van der Waals surface area (Å²) in [7, 11) is 0. The summed E-state index contributed by atoms with van der Waals surface area (Å²) in [4.78, 5) is 3.49. The molecule has 0 radical (unpaired) electrons. The van der Waals surface area contributed by atoms with Crippen LogP contribution in [-0.2, 0) is 4.74 Å². The molecular weight excluding hydrogens is 232 g/mol. The fourth-order valence-corrected chi connectivity index (χ4v) is 2.73. The maximum absolute atomic E-state index is 6.11. The predicted octanol–water partition coefficient (Wildman–Crippen LogP) is 1.73. The zero-order chi connectivity index (χ0) is 10.7. The molecule has 1 atom stereocenters. The first-order valence-electron chi connectivity index (χ1n) is 5.06. The van der Waals surface area contributed by atoms with Crippen LogP contribution in [0.25, 0.3) is 0 Å². The molecule has 0 spiro atoms. The van der Waals surface area contributed by atoms with E-state index in [-0.39, 0.29) is 6.04 Å². The second-order valence-corrected chi connectivity index (χ2v) is 5.41. The van der Waals surface area contributed by atoms with Gasteiger partial charge in [0.1, 0.15) is 0 Å². The van der Waals surface area contributed by atoms with Crippen molar-refractivity contribution in [2.45, 2.75) is 6.04 Å². The van der Waals surface area contributed by atoms with Crippen molar-refractivity contribution in [1.82, 2.24) is 4.90 Å². The Morgan fingerprint density at radius 2 is 2.20 bits per heavy atom. The molecule has 2 N–H and O–H groups in total. The van der Waals surface area contributed by atoms with Crippen LogP contribution >= 0.6 is 22.9 Å². The Balaban J connectivity index is 1.88. The molecule has 1 saturated heterocycles. The zero-order valence-corrected chi connectivity index (χ0v) is 10.1. The van der Waals surface area contributed by atoms with Crippen molar-refractivity contribution >= 4 is 22.9 Å². The maximum Gasteiger partial charge on any atom is 0.0931 e. The van der Waals surface area contributed by atoms with Crippen molar-refractivity contribution in [1.29, 1.82) is 0 Å². The number of halogens is 1. The van der Waals surface area contributed by atoms with Crippen molar-refractivity contribution in [3.05, 3.63) is 21.3 Å². The normalized spacial score (nSPS) is 20.4. The summed E-state index contributed by atoms with van der Waals surface area (Å²) in [5, 5.41) is 0. The van der Waals surface area contributed by atoms with Crippen LogP contribution in [0.5, 0.6) is 0 Å². The molecule has 84 valence electrons.